The lowest BCUT2D eigenvalue weighted by Crippen LogP contribution is -3.18. The zero-order valence-corrected chi connectivity index (χ0v) is 12.1. The lowest BCUT2D eigenvalue weighted by Gasteiger charge is -2.35. The summed E-state index contributed by atoms with van der Waals surface area (Å²) in [5.74, 6) is 0. The van der Waals surface area contributed by atoms with Gasteiger partial charge in [-0.05, 0) is 30.6 Å². The molecule has 8 unspecified atom stereocenters. The van der Waals surface area contributed by atoms with E-state index in [2.05, 4.69) is 15.7 Å². The van der Waals surface area contributed by atoms with Gasteiger partial charge in [-0.2, -0.15) is 20.3 Å². The van der Waals surface area contributed by atoms with Gasteiger partial charge in [-0.25, -0.2) is 0 Å². The van der Waals surface area contributed by atoms with Crippen LogP contribution in [0.5, 0.6) is 0 Å². The van der Waals surface area contributed by atoms with Crippen LogP contribution in [0.15, 0.2) is 10.4 Å². The van der Waals surface area contributed by atoms with Crippen molar-refractivity contribution in [1.29, 1.82) is 0 Å². The first-order valence-electron chi connectivity index (χ1n) is 7.79. The highest BCUT2D eigenvalue weighted by Gasteiger charge is 2.48. The minimum absolute atomic E-state index is 0.0929. The van der Waals surface area contributed by atoms with E-state index in [-0.39, 0.29) is 24.2 Å². The fourth-order valence-corrected chi connectivity index (χ4v) is 3.97. The fraction of sp³-hybridized carbons (Fsp3) is 1.00. The number of quaternary nitrogens is 2. The largest absolute Gasteiger partial charge is 0.595 e. The van der Waals surface area contributed by atoms with Crippen molar-refractivity contribution in [2.45, 2.75) is 74.8 Å². The number of hydrogen-bond donors (Lipinski definition) is 3. The molecule has 0 amide bonds. The molecular weight excluding hydrogens is 294 g/mol. The number of nitrogens with one attached hydrogen (secondary N) is 3. The van der Waals surface area contributed by atoms with Crippen molar-refractivity contribution in [3.63, 3.8) is 0 Å². The van der Waals surface area contributed by atoms with Crippen LogP contribution in [-0.2, 0) is 4.94 Å². The Balaban J connectivity index is 1.54. The Bertz CT molecular complexity index is 427. The number of rotatable bonds is 4. The Labute approximate surface area is 127 Å². The Morgan fingerprint density at radius 3 is 2.23 bits per heavy atom. The van der Waals surface area contributed by atoms with Crippen LogP contribution < -0.4 is 15.8 Å². The number of nitroso groups, excluding NO2 is 2. The SMILES string of the molecule is O=NC1CCC(NC2CCC3C(C2)[NH+]([O-])O[NH+]3[O-])CC1N=O. The van der Waals surface area contributed by atoms with Crippen LogP contribution in [0.25, 0.3) is 0 Å². The van der Waals surface area contributed by atoms with Gasteiger partial charge in [0, 0.05) is 24.9 Å². The molecule has 3 fully saturated rings. The molecule has 3 N–H and O–H groups in total. The van der Waals surface area contributed by atoms with E-state index in [9.17, 15) is 20.2 Å². The normalized spacial score (nSPS) is 48.6. The van der Waals surface area contributed by atoms with Crippen molar-refractivity contribution in [2.75, 3.05) is 0 Å². The predicted octanol–water partition coefficient (Wildman–Crippen LogP) is -1.69. The molecule has 10 heteroatoms. The third-order valence-electron chi connectivity index (χ3n) is 5.18. The topological polar surface area (TPSA) is 135 Å². The maximum Gasteiger partial charge on any atom is 0.179 e. The second-order valence-corrected chi connectivity index (χ2v) is 6.49. The van der Waals surface area contributed by atoms with Gasteiger partial charge in [-0.3, -0.25) is 0 Å². The van der Waals surface area contributed by atoms with E-state index in [1.54, 1.807) is 0 Å². The average Bonchev–Trinajstić information content (AvgIpc) is 2.81. The van der Waals surface area contributed by atoms with Crippen LogP contribution in [0, 0.1) is 20.2 Å². The van der Waals surface area contributed by atoms with Gasteiger partial charge in [-0.1, -0.05) is 10.4 Å². The first-order chi connectivity index (χ1) is 10.6. The maximum atomic E-state index is 11.7. The molecule has 0 aromatic carbocycles. The summed E-state index contributed by atoms with van der Waals surface area (Å²) in [6.07, 6.45) is 3.84. The monoisotopic (exact) mass is 315 g/mol. The second kappa shape index (κ2) is 6.60. The summed E-state index contributed by atoms with van der Waals surface area (Å²) in [6.45, 7) is 0. The van der Waals surface area contributed by atoms with E-state index >= 15 is 0 Å². The van der Waals surface area contributed by atoms with Crippen molar-refractivity contribution < 1.29 is 15.4 Å². The summed E-state index contributed by atoms with van der Waals surface area (Å²) in [5.41, 5.74) is 0. The van der Waals surface area contributed by atoms with Crippen LogP contribution in [0.2, 0.25) is 0 Å². The van der Waals surface area contributed by atoms with E-state index in [0.29, 0.717) is 25.7 Å². The number of nitrogens with zero attached hydrogens (tertiary/aromatic N) is 2. The van der Waals surface area contributed by atoms with Crippen LogP contribution in [0.1, 0.15) is 38.5 Å². The van der Waals surface area contributed by atoms with E-state index < -0.39 is 22.5 Å². The highest BCUT2D eigenvalue weighted by Crippen LogP contribution is 2.26. The molecule has 1 aliphatic heterocycles. The molecule has 0 radical (unpaired) electrons. The van der Waals surface area contributed by atoms with E-state index in [4.69, 9.17) is 4.94 Å². The fourth-order valence-electron chi connectivity index (χ4n) is 3.97. The summed E-state index contributed by atoms with van der Waals surface area (Å²) in [7, 11) is 0. The van der Waals surface area contributed by atoms with Gasteiger partial charge < -0.3 is 15.7 Å². The van der Waals surface area contributed by atoms with E-state index in [0.717, 1.165) is 12.8 Å². The average molecular weight is 315 g/mol. The van der Waals surface area contributed by atoms with Gasteiger partial charge >= 0.3 is 0 Å². The van der Waals surface area contributed by atoms with Gasteiger partial charge in [0.25, 0.3) is 0 Å². The molecular formula is C12H21N5O5. The molecule has 0 spiro atoms. The van der Waals surface area contributed by atoms with Gasteiger partial charge in [0.1, 0.15) is 12.1 Å². The van der Waals surface area contributed by atoms with Crippen LogP contribution in [-0.4, -0.2) is 36.3 Å². The van der Waals surface area contributed by atoms with Crippen LogP contribution in [0.4, 0.5) is 0 Å². The zero-order chi connectivity index (χ0) is 15.7. The van der Waals surface area contributed by atoms with Crippen molar-refractivity contribution in [3.8, 4) is 0 Å². The quantitative estimate of drug-likeness (QED) is 0.418. The molecule has 0 aromatic heterocycles. The van der Waals surface area contributed by atoms with Gasteiger partial charge in [0.2, 0.25) is 0 Å². The molecule has 2 saturated carbocycles. The van der Waals surface area contributed by atoms with Crippen molar-refractivity contribution in [3.05, 3.63) is 20.2 Å². The Morgan fingerprint density at radius 1 is 0.864 bits per heavy atom. The summed E-state index contributed by atoms with van der Waals surface area (Å²) < 4.78 is 0. The third-order valence-corrected chi connectivity index (χ3v) is 5.18. The summed E-state index contributed by atoms with van der Waals surface area (Å²) in [6, 6.07) is -1.50. The van der Waals surface area contributed by atoms with Crippen molar-refractivity contribution in [2.24, 2.45) is 10.4 Å². The smallest absolute Gasteiger partial charge is 0.179 e. The van der Waals surface area contributed by atoms with Crippen LogP contribution in [0.3, 0.4) is 0 Å². The molecule has 10 nitrogen and oxygen atoms in total. The number of hydroxylamine groups is 4. The Kier molecular flexibility index (Phi) is 4.76. The molecule has 1 saturated heterocycles. The molecule has 3 aliphatic rings. The van der Waals surface area contributed by atoms with E-state index in [1.165, 1.54) is 0 Å². The summed E-state index contributed by atoms with van der Waals surface area (Å²) in [4.78, 5) is 26.2. The minimum Gasteiger partial charge on any atom is -0.595 e. The standard InChI is InChI=1S/C12H21N5O5/c18-14-9-3-1-7(5-10(9)15-19)13-8-2-4-11-12(6-8)17(21)22-16(11)20/h7-13,16-17H,1-6H2. The summed E-state index contributed by atoms with van der Waals surface area (Å²) >= 11 is 0. The number of fused-ring (bicyclic) bond motifs is 1. The Hall–Kier alpha value is -1.04. The number of hydrogen-bond acceptors (Lipinski definition) is 8. The molecule has 0 aromatic rings. The highest BCUT2D eigenvalue weighted by molar-refractivity contribution is 4.94. The minimum atomic E-state index is -0.571. The molecule has 1 heterocycles. The van der Waals surface area contributed by atoms with Gasteiger partial charge in [0.05, 0.1) is 0 Å². The molecule has 3 rings (SSSR count). The summed E-state index contributed by atoms with van der Waals surface area (Å²) in [5, 5.41) is 31.8. The molecule has 0 bridgehead atoms. The lowest BCUT2D eigenvalue weighted by molar-refractivity contribution is -1.27. The third kappa shape index (κ3) is 3.03. The van der Waals surface area contributed by atoms with E-state index in [1.807, 2.05) is 0 Å². The lowest BCUT2D eigenvalue weighted by atomic mass is 9.84. The first-order valence-corrected chi connectivity index (χ1v) is 7.79. The highest BCUT2D eigenvalue weighted by atomic mass is 17.1. The predicted molar refractivity (Wildman–Crippen MR) is 74.9 cm³/mol. The maximum absolute atomic E-state index is 11.7. The Morgan fingerprint density at radius 2 is 1.50 bits per heavy atom. The van der Waals surface area contributed by atoms with Gasteiger partial charge in [-0.15, -0.1) is 0 Å². The zero-order valence-electron chi connectivity index (χ0n) is 12.1. The first kappa shape index (κ1) is 15.8. The molecule has 124 valence electrons. The van der Waals surface area contributed by atoms with Crippen molar-refractivity contribution in [1.82, 2.24) is 5.32 Å². The molecule has 8 atom stereocenters. The van der Waals surface area contributed by atoms with Gasteiger partial charge in [0.15, 0.2) is 12.1 Å². The van der Waals surface area contributed by atoms with Crippen LogP contribution >= 0.6 is 0 Å². The molecule has 22 heavy (non-hydrogen) atoms. The molecule has 2 aliphatic carbocycles. The second-order valence-electron chi connectivity index (χ2n) is 6.49. The van der Waals surface area contributed by atoms with Crippen molar-refractivity contribution >= 4 is 0 Å².